The lowest BCUT2D eigenvalue weighted by atomic mass is 9.83. The first kappa shape index (κ1) is 20.1. The van der Waals surface area contributed by atoms with Gasteiger partial charge in [-0.2, -0.15) is 13.2 Å². The van der Waals surface area contributed by atoms with Crippen molar-refractivity contribution in [1.82, 2.24) is 20.1 Å². The number of ether oxygens (including phenoxy) is 1. The van der Waals surface area contributed by atoms with Crippen LogP contribution < -0.4 is 5.32 Å². The second kappa shape index (κ2) is 8.83. The SMILES string of the molecule is [2H]C([2H])(C1CCOCC1)N1C[C@H]2C[C@H](Nc3ccc(-c4cccnc4C(F)(F)F)nn3)C[C@@]2(C)C1. The first-order chi connectivity index (χ1) is 16.6. The molecule has 1 saturated carbocycles. The zero-order chi connectivity index (χ0) is 24.8. The topological polar surface area (TPSA) is 63.2 Å². The Labute approximate surface area is 194 Å². The fourth-order valence-corrected chi connectivity index (χ4v) is 5.59. The highest BCUT2D eigenvalue weighted by Crippen LogP contribution is 2.49. The molecule has 1 aliphatic carbocycles. The van der Waals surface area contributed by atoms with E-state index < -0.39 is 18.4 Å². The van der Waals surface area contributed by atoms with Crippen LogP contribution in [-0.4, -0.2) is 58.9 Å². The van der Waals surface area contributed by atoms with Crippen LogP contribution in [0.15, 0.2) is 30.5 Å². The van der Waals surface area contributed by atoms with E-state index in [1.54, 1.807) is 6.07 Å². The van der Waals surface area contributed by atoms with Crippen LogP contribution in [0.1, 0.15) is 41.0 Å². The zero-order valence-electron chi connectivity index (χ0n) is 20.6. The quantitative estimate of drug-likeness (QED) is 0.705. The van der Waals surface area contributed by atoms with Gasteiger partial charge in [0.2, 0.25) is 0 Å². The van der Waals surface area contributed by atoms with Gasteiger partial charge in [-0.1, -0.05) is 6.92 Å². The lowest BCUT2D eigenvalue weighted by Crippen LogP contribution is -2.33. The maximum atomic E-state index is 13.3. The second-order valence-electron chi connectivity index (χ2n) is 9.73. The van der Waals surface area contributed by atoms with Gasteiger partial charge in [0.25, 0.3) is 0 Å². The number of pyridine rings is 1. The summed E-state index contributed by atoms with van der Waals surface area (Å²) in [4.78, 5) is 5.51. The van der Waals surface area contributed by atoms with Crippen LogP contribution in [0.2, 0.25) is 0 Å². The number of hydrogen-bond donors (Lipinski definition) is 1. The normalized spacial score (nSPS) is 30.1. The monoisotopic (exact) mass is 463 g/mol. The van der Waals surface area contributed by atoms with Crippen LogP contribution in [0.4, 0.5) is 19.0 Å². The summed E-state index contributed by atoms with van der Waals surface area (Å²) in [5, 5.41) is 11.6. The Morgan fingerprint density at radius 3 is 2.76 bits per heavy atom. The van der Waals surface area contributed by atoms with Crippen LogP contribution in [-0.2, 0) is 10.9 Å². The molecule has 3 atom stereocenters. The maximum Gasteiger partial charge on any atom is 0.434 e. The van der Waals surface area contributed by atoms with Gasteiger partial charge >= 0.3 is 6.18 Å². The molecular weight excluding hydrogens is 431 g/mol. The fourth-order valence-electron chi connectivity index (χ4n) is 5.59. The van der Waals surface area contributed by atoms with E-state index in [0.717, 1.165) is 38.4 Å². The molecule has 2 aromatic rings. The Kier molecular flexibility index (Phi) is 5.39. The molecule has 33 heavy (non-hydrogen) atoms. The van der Waals surface area contributed by atoms with E-state index in [4.69, 9.17) is 7.48 Å². The highest BCUT2D eigenvalue weighted by atomic mass is 19.4. The van der Waals surface area contributed by atoms with Crippen molar-refractivity contribution in [1.29, 1.82) is 0 Å². The summed E-state index contributed by atoms with van der Waals surface area (Å²) in [5.74, 6) is 0.889. The third-order valence-electron chi connectivity index (χ3n) is 7.22. The smallest absolute Gasteiger partial charge is 0.381 e. The first-order valence-corrected chi connectivity index (χ1v) is 11.5. The van der Waals surface area contributed by atoms with Crippen molar-refractivity contribution in [2.24, 2.45) is 17.3 Å². The molecule has 4 heterocycles. The van der Waals surface area contributed by atoms with Gasteiger partial charge in [-0.25, -0.2) is 0 Å². The summed E-state index contributed by atoms with van der Waals surface area (Å²) >= 11 is 0. The van der Waals surface area contributed by atoms with Gasteiger partial charge in [-0.3, -0.25) is 4.98 Å². The number of rotatable bonds is 5. The van der Waals surface area contributed by atoms with Gasteiger partial charge in [0.15, 0.2) is 5.69 Å². The van der Waals surface area contributed by atoms with Crippen molar-refractivity contribution < 1.29 is 20.6 Å². The summed E-state index contributed by atoms with van der Waals surface area (Å²) in [7, 11) is 0. The number of anilines is 1. The Balaban J connectivity index is 1.22. The van der Waals surface area contributed by atoms with Crippen LogP contribution in [0.25, 0.3) is 11.3 Å². The molecule has 1 N–H and O–H groups in total. The summed E-state index contributed by atoms with van der Waals surface area (Å²) < 4.78 is 62.8. The molecule has 2 aliphatic heterocycles. The minimum atomic E-state index is -4.57. The molecule has 5 rings (SSSR count). The molecule has 9 heteroatoms. The summed E-state index contributed by atoms with van der Waals surface area (Å²) in [6.45, 7) is 3.60. The standard InChI is InChI=1S/C24H30F3N5O/c1-23-12-18(11-17(23)14-32(15-23)13-16-6-9-33-10-7-16)29-21-5-4-20(30-31-21)19-3-2-8-28-22(19)24(25,26)27/h2-5,8,16-18H,6-7,9-15H2,1H3,(H,29,31)/t17-,18+,23+/m1/s1/i13D2. The summed E-state index contributed by atoms with van der Waals surface area (Å²) in [6, 6.07) is 6.14. The fraction of sp³-hybridized carbons (Fsp3) is 0.625. The van der Waals surface area contributed by atoms with Gasteiger partial charge in [0.1, 0.15) is 5.82 Å². The largest absolute Gasteiger partial charge is 0.434 e. The van der Waals surface area contributed by atoms with Gasteiger partial charge in [0, 0.05) is 53.3 Å². The van der Waals surface area contributed by atoms with Crippen LogP contribution in [0.5, 0.6) is 0 Å². The average Bonchev–Trinajstić information content (AvgIpc) is 3.31. The number of likely N-dealkylation sites (tertiary alicyclic amines) is 1. The van der Waals surface area contributed by atoms with Crippen molar-refractivity contribution in [2.75, 3.05) is 38.1 Å². The van der Waals surface area contributed by atoms with E-state index in [-0.39, 0.29) is 28.6 Å². The molecule has 0 bridgehead atoms. The third-order valence-corrected chi connectivity index (χ3v) is 7.22. The van der Waals surface area contributed by atoms with Gasteiger partial charge in [-0.15, -0.1) is 10.2 Å². The molecule has 3 aliphatic rings. The Morgan fingerprint density at radius 1 is 1.24 bits per heavy atom. The molecule has 2 aromatic heterocycles. The number of nitrogens with zero attached hydrogens (tertiary/aromatic N) is 4. The maximum absolute atomic E-state index is 13.3. The molecule has 6 nitrogen and oxygen atoms in total. The van der Waals surface area contributed by atoms with Crippen molar-refractivity contribution in [3.05, 3.63) is 36.2 Å². The minimum Gasteiger partial charge on any atom is -0.381 e. The summed E-state index contributed by atoms with van der Waals surface area (Å²) in [6.07, 6.45) is -0.173. The Hall–Kier alpha value is -2.26. The van der Waals surface area contributed by atoms with Crippen LogP contribution in [0.3, 0.4) is 0 Å². The number of alkyl halides is 3. The number of fused-ring (bicyclic) bond motifs is 1. The van der Waals surface area contributed by atoms with Gasteiger partial charge in [-0.05, 0) is 67.2 Å². The molecule has 0 amide bonds. The Morgan fingerprint density at radius 2 is 2.06 bits per heavy atom. The zero-order valence-corrected chi connectivity index (χ0v) is 18.6. The predicted octanol–water partition coefficient (Wildman–Crippen LogP) is 4.50. The molecule has 0 unspecified atom stereocenters. The summed E-state index contributed by atoms with van der Waals surface area (Å²) in [5.41, 5.74) is -0.948. The van der Waals surface area contributed by atoms with E-state index >= 15 is 0 Å². The van der Waals surface area contributed by atoms with Crippen molar-refractivity contribution in [3.8, 4) is 11.3 Å². The number of nitrogens with one attached hydrogen (secondary N) is 1. The van der Waals surface area contributed by atoms with Crippen LogP contribution >= 0.6 is 0 Å². The molecular formula is C24H30F3N5O. The van der Waals surface area contributed by atoms with Gasteiger partial charge in [0.05, 0.1) is 5.69 Å². The highest BCUT2D eigenvalue weighted by molar-refractivity contribution is 5.62. The average molecular weight is 464 g/mol. The van der Waals surface area contributed by atoms with E-state index in [2.05, 4.69) is 27.4 Å². The van der Waals surface area contributed by atoms with Crippen LogP contribution in [0, 0.1) is 17.3 Å². The predicted molar refractivity (Wildman–Crippen MR) is 118 cm³/mol. The number of aromatic nitrogens is 3. The van der Waals surface area contributed by atoms with E-state index in [0.29, 0.717) is 31.5 Å². The van der Waals surface area contributed by atoms with E-state index in [1.165, 1.54) is 18.2 Å². The Bertz CT molecular complexity index is 1050. The van der Waals surface area contributed by atoms with Gasteiger partial charge < -0.3 is 15.0 Å². The molecule has 178 valence electrons. The molecule has 0 spiro atoms. The highest BCUT2D eigenvalue weighted by Gasteiger charge is 2.49. The molecule has 2 saturated heterocycles. The minimum absolute atomic E-state index is 0.000864. The lowest BCUT2D eigenvalue weighted by molar-refractivity contribution is -0.140. The van der Waals surface area contributed by atoms with Crippen molar-refractivity contribution in [3.63, 3.8) is 0 Å². The van der Waals surface area contributed by atoms with Crippen molar-refractivity contribution in [2.45, 2.75) is 44.8 Å². The van der Waals surface area contributed by atoms with E-state index in [9.17, 15) is 13.2 Å². The number of halogens is 3. The van der Waals surface area contributed by atoms with Crippen molar-refractivity contribution >= 4 is 5.82 Å². The molecule has 0 aromatic carbocycles. The number of hydrogen-bond acceptors (Lipinski definition) is 6. The third kappa shape index (κ3) is 4.84. The lowest BCUT2D eigenvalue weighted by Gasteiger charge is -2.29. The second-order valence-corrected chi connectivity index (χ2v) is 9.73. The molecule has 3 fully saturated rings. The first-order valence-electron chi connectivity index (χ1n) is 12.5. The van der Waals surface area contributed by atoms with E-state index in [1.807, 2.05) is 4.90 Å². The molecule has 0 radical (unpaired) electrons.